The summed E-state index contributed by atoms with van der Waals surface area (Å²) in [5.41, 5.74) is 1.06. The molecule has 1 aliphatic rings. The molecule has 0 aliphatic heterocycles. The van der Waals surface area contributed by atoms with Gasteiger partial charge >= 0.3 is 5.97 Å². The van der Waals surface area contributed by atoms with Gasteiger partial charge in [-0.2, -0.15) is 10.2 Å². The Morgan fingerprint density at radius 3 is 2.52 bits per heavy atom. The van der Waals surface area contributed by atoms with E-state index in [9.17, 15) is 9.59 Å². The summed E-state index contributed by atoms with van der Waals surface area (Å²) in [5.74, 6) is -1.13. The smallest absolute Gasteiger partial charge is 0.305 e. The third-order valence-corrected chi connectivity index (χ3v) is 4.02. The van der Waals surface area contributed by atoms with Crippen molar-refractivity contribution in [2.75, 3.05) is 0 Å². The highest BCUT2D eigenvalue weighted by atomic mass is 16.4. The normalized spacial score (nSPS) is 17.2. The number of aliphatic carboxylic acids is 1. The van der Waals surface area contributed by atoms with E-state index in [2.05, 4.69) is 15.5 Å². The third kappa shape index (κ3) is 3.77. The zero-order valence-corrected chi connectivity index (χ0v) is 12.5. The number of nitrogens with zero attached hydrogens (tertiary/aromatic N) is 2. The molecule has 0 atom stereocenters. The fourth-order valence-electron chi connectivity index (χ4n) is 2.95. The second kappa shape index (κ2) is 6.20. The molecule has 1 heterocycles. The van der Waals surface area contributed by atoms with Gasteiger partial charge in [0, 0.05) is 0 Å². The van der Waals surface area contributed by atoms with Crippen LogP contribution in [0.4, 0.5) is 0 Å². The minimum atomic E-state index is -0.877. The van der Waals surface area contributed by atoms with Gasteiger partial charge in [-0.3, -0.25) is 9.59 Å². The first-order chi connectivity index (χ1) is 9.92. The minimum absolute atomic E-state index is 0.0325. The summed E-state index contributed by atoms with van der Waals surface area (Å²) in [4.78, 5) is 23.6. The third-order valence-electron chi connectivity index (χ3n) is 4.02. The molecule has 0 radical (unpaired) electrons. The zero-order chi connectivity index (χ0) is 15.5. The summed E-state index contributed by atoms with van der Waals surface area (Å²) in [6, 6.07) is 1.69. The molecular formula is C15H21N3O3. The Kier molecular flexibility index (Phi) is 4.55. The molecule has 1 aromatic heterocycles. The van der Waals surface area contributed by atoms with Crippen molar-refractivity contribution in [2.45, 2.75) is 57.9 Å². The van der Waals surface area contributed by atoms with E-state index in [-0.39, 0.29) is 12.3 Å². The van der Waals surface area contributed by atoms with Crippen LogP contribution in [0, 0.1) is 13.8 Å². The summed E-state index contributed by atoms with van der Waals surface area (Å²) >= 11 is 0. The van der Waals surface area contributed by atoms with Crippen molar-refractivity contribution in [3.63, 3.8) is 0 Å². The summed E-state index contributed by atoms with van der Waals surface area (Å²) < 4.78 is 0. The molecule has 6 nitrogen and oxygen atoms in total. The van der Waals surface area contributed by atoms with Crippen LogP contribution in [0.3, 0.4) is 0 Å². The highest BCUT2D eigenvalue weighted by molar-refractivity contribution is 5.96. The maximum absolute atomic E-state index is 12.5. The molecule has 1 fully saturated rings. The summed E-state index contributed by atoms with van der Waals surface area (Å²) in [6.45, 7) is 3.50. The fourth-order valence-corrected chi connectivity index (χ4v) is 2.95. The number of hydrogen-bond donors (Lipinski definition) is 2. The van der Waals surface area contributed by atoms with E-state index < -0.39 is 11.5 Å². The lowest BCUT2D eigenvalue weighted by atomic mass is 9.79. The Hall–Kier alpha value is -1.98. The quantitative estimate of drug-likeness (QED) is 0.885. The highest BCUT2D eigenvalue weighted by Gasteiger charge is 2.36. The van der Waals surface area contributed by atoms with E-state index in [4.69, 9.17) is 5.11 Å². The van der Waals surface area contributed by atoms with Gasteiger partial charge in [-0.1, -0.05) is 19.3 Å². The fraction of sp³-hybridized carbons (Fsp3) is 0.600. The van der Waals surface area contributed by atoms with Crippen molar-refractivity contribution in [3.05, 3.63) is 23.0 Å². The van der Waals surface area contributed by atoms with Crippen LogP contribution in [0.25, 0.3) is 0 Å². The lowest BCUT2D eigenvalue weighted by molar-refractivity contribution is -0.139. The SMILES string of the molecule is Cc1cc(C(=O)NC2(CC(=O)O)CCCCC2)c(C)nn1. The van der Waals surface area contributed by atoms with Crippen molar-refractivity contribution < 1.29 is 14.7 Å². The first-order valence-corrected chi connectivity index (χ1v) is 7.27. The van der Waals surface area contributed by atoms with Gasteiger partial charge in [0.1, 0.15) is 0 Å². The summed E-state index contributed by atoms with van der Waals surface area (Å²) in [5, 5.41) is 20.0. The van der Waals surface area contributed by atoms with Crippen molar-refractivity contribution >= 4 is 11.9 Å². The summed E-state index contributed by atoms with van der Waals surface area (Å²) in [6.07, 6.45) is 4.37. The molecule has 21 heavy (non-hydrogen) atoms. The van der Waals surface area contributed by atoms with Gasteiger partial charge in [-0.05, 0) is 32.8 Å². The average Bonchev–Trinajstić information content (AvgIpc) is 2.41. The lowest BCUT2D eigenvalue weighted by Gasteiger charge is -2.37. The molecule has 1 saturated carbocycles. The van der Waals surface area contributed by atoms with Crippen LogP contribution in [0.1, 0.15) is 60.3 Å². The largest absolute Gasteiger partial charge is 0.481 e. The Balaban J connectivity index is 2.21. The predicted octanol–water partition coefficient (Wildman–Crippen LogP) is 2.00. The molecule has 1 amide bonds. The molecule has 0 spiro atoms. The Morgan fingerprint density at radius 1 is 1.24 bits per heavy atom. The number of amides is 1. The van der Waals surface area contributed by atoms with Gasteiger partial charge in [0.05, 0.1) is 28.9 Å². The van der Waals surface area contributed by atoms with Crippen LogP contribution < -0.4 is 5.32 Å². The Labute approximate surface area is 124 Å². The number of aromatic nitrogens is 2. The van der Waals surface area contributed by atoms with Gasteiger partial charge in [-0.15, -0.1) is 0 Å². The van der Waals surface area contributed by atoms with Crippen LogP contribution >= 0.6 is 0 Å². The number of nitrogens with one attached hydrogen (secondary N) is 1. The molecule has 6 heteroatoms. The second-order valence-corrected chi connectivity index (χ2v) is 5.85. The molecule has 114 valence electrons. The molecule has 2 N–H and O–H groups in total. The van der Waals surface area contributed by atoms with Crippen LogP contribution in [-0.2, 0) is 4.79 Å². The topological polar surface area (TPSA) is 92.2 Å². The Morgan fingerprint density at radius 2 is 1.90 bits per heavy atom. The van der Waals surface area contributed by atoms with Crippen molar-refractivity contribution in [1.82, 2.24) is 15.5 Å². The number of carbonyl (C=O) groups is 2. The van der Waals surface area contributed by atoms with E-state index >= 15 is 0 Å². The van der Waals surface area contributed by atoms with Crippen molar-refractivity contribution in [2.24, 2.45) is 0 Å². The monoisotopic (exact) mass is 291 g/mol. The molecule has 0 saturated heterocycles. The van der Waals surface area contributed by atoms with Crippen LogP contribution in [-0.4, -0.2) is 32.7 Å². The molecular weight excluding hydrogens is 270 g/mol. The molecule has 1 aliphatic carbocycles. The number of rotatable bonds is 4. The van der Waals surface area contributed by atoms with E-state index in [1.807, 2.05) is 0 Å². The Bertz CT molecular complexity index is 551. The lowest BCUT2D eigenvalue weighted by Crippen LogP contribution is -2.51. The first-order valence-electron chi connectivity index (χ1n) is 7.27. The standard InChI is InChI=1S/C15H21N3O3/c1-10-8-12(11(2)18-17-10)14(21)16-15(9-13(19)20)6-4-3-5-7-15/h8H,3-7,9H2,1-2H3,(H,16,21)(H,19,20). The zero-order valence-electron chi connectivity index (χ0n) is 12.5. The number of aryl methyl sites for hydroxylation is 2. The van der Waals surface area contributed by atoms with E-state index in [1.165, 1.54) is 0 Å². The van der Waals surface area contributed by atoms with Gasteiger partial charge in [0.25, 0.3) is 5.91 Å². The molecule has 0 aromatic carbocycles. The second-order valence-electron chi connectivity index (χ2n) is 5.85. The van der Waals surface area contributed by atoms with Crippen molar-refractivity contribution in [3.8, 4) is 0 Å². The maximum Gasteiger partial charge on any atom is 0.305 e. The van der Waals surface area contributed by atoms with Crippen LogP contribution in [0.5, 0.6) is 0 Å². The van der Waals surface area contributed by atoms with E-state index in [0.717, 1.165) is 19.3 Å². The number of carboxylic acid groups (broad SMARTS) is 1. The van der Waals surface area contributed by atoms with Gasteiger partial charge in [0.15, 0.2) is 0 Å². The van der Waals surface area contributed by atoms with Gasteiger partial charge < -0.3 is 10.4 Å². The van der Waals surface area contributed by atoms with Crippen LogP contribution in [0.2, 0.25) is 0 Å². The average molecular weight is 291 g/mol. The molecule has 1 aromatic rings. The van der Waals surface area contributed by atoms with Gasteiger partial charge in [-0.25, -0.2) is 0 Å². The van der Waals surface area contributed by atoms with Gasteiger partial charge in [0.2, 0.25) is 0 Å². The highest BCUT2D eigenvalue weighted by Crippen LogP contribution is 2.31. The molecule has 0 bridgehead atoms. The first kappa shape index (κ1) is 15.4. The molecule has 2 rings (SSSR count). The number of hydrogen-bond acceptors (Lipinski definition) is 4. The number of carbonyl (C=O) groups excluding carboxylic acids is 1. The maximum atomic E-state index is 12.5. The summed E-state index contributed by atoms with van der Waals surface area (Å²) in [7, 11) is 0. The van der Waals surface area contributed by atoms with E-state index in [0.29, 0.717) is 29.8 Å². The molecule has 0 unspecified atom stereocenters. The number of carboxylic acids is 1. The van der Waals surface area contributed by atoms with Crippen LogP contribution in [0.15, 0.2) is 6.07 Å². The minimum Gasteiger partial charge on any atom is -0.481 e. The predicted molar refractivity (Wildman–Crippen MR) is 77.0 cm³/mol. The van der Waals surface area contributed by atoms with E-state index in [1.54, 1.807) is 19.9 Å². The van der Waals surface area contributed by atoms with Crippen molar-refractivity contribution in [1.29, 1.82) is 0 Å².